The van der Waals surface area contributed by atoms with Crippen LogP contribution in [-0.2, 0) is 34.3 Å². The summed E-state index contributed by atoms with van der Waals surface area (Å²) in [4.78, 5) is 37.6. The summed E-state index contributed by atoms with van der Waals surface area (Å²) in [6.45, 7) is 1.72. The third-order valence-corrected chi connectivity index (χ3v) is 4.23. The van der Waals surface area contributed by atoms with Gasteiger partial charge >= 0.3 is 5.97 Å². The van der Waals surface area contributed by atoms with Gasteiger partial charge in [0.25, 0.3) is 0 Å². The van der Waals surface area contributed by atoms with Crippen molar-refractivity contribution in [3.05, 3.63) is 41.1 Å². The van der Waals surface area contributed by atoms with Crippen LogP contribution >= 0.6 is 0 Å². The van der Waals surface area contributed by atoms with E-state index in [1.54, 1.807) is 30.9 Å². The maximum absolute atomic E-state index is 12.6. The second kappa shape index (κ2) is 6.54. The quantitative estimate of drug-likeness (QED) is 0.597. The van der Waals surface area contributed by atoms with Gasteiger partial charge < -0.3 is 9.15 Å². The molecule has 8 nitrogen and oxygen atoms in total. The zero-order chi connectivity index (χ0) is 18.1. The molecule has 1 aliphatic rings. The van der Waals surface area contributed by atoms with Gasteiger partial charge in [0.2, 0.25) is 17.6 Å². The Kier molecular flexibility index (Phi) is 4.43. The minimum absolute atomic E-state index is 0.0129. The van der Waals surface area contributed by atoms with Gasteiger partial charge in [0.05, 0.1) is 25.8 Å². The van der Waals surface area contributed by atoms with Crippen molar-refractivity contribution < 1.29 is 23.5 Å². The normalized spacial score (nSPS) is 17.4. The minimum atomic E-state index is -0.586. The smallest absolute Gasteiger partial charge is 0.374 e. The number of imide groups is 1. The van der Waals surface area contributed by atoms with E-state index in [2.05, 4.69) is 9.84 Å². The van der Waals surface area contributed by atoms with Gasteiger partial charge in [0, 0.05) is 25.2 Å². The predicted molar refractivity (Wildman–Crippen MR) is 85.4 cm³/mol. The molecule has 2 amide bonds. The highest BCUT2D eigenvalue weighted by molar-refractivity contribution is 6.03. The van der Waals surface area contributed by atoms with Crippen LogP contribution in [0.25, 0.3) is 0 Å². The van der Waals surface area contributed by atoms with Crippen LogP contribution in [0.4, 0.5) is 0 Å². The van der Waals surface area contributed by atoms with E-state index < -0.39 is 11.9 Å². The van der Waals surface area contributed by atoms with Crippen molar-refractivity contribution in [2.24, 2.45) is 13.0 Å². The number of carbonyl (C=O) groups is 3. The molecule has 8 heteroatoms. The third kappa shape index (κ3) is 3.33. The number of hydrogen-bond donors (Lipinski definition) is 0. The average molecular weight is 345 g/mol. The molecule has 1 aliphatic heterocycles. The topological polar surface area (TPSA) is 94.6 Å². The summed E-state index contributed by atoms with van der Waals surface area (Å²) in [6.07, 6.45) is 4.16. The molecule has 1 saturated heterocycles. The molecule has 1 atom stereocenters. The van der Waals surface area contributed by atoms with Crippen LogP contribution in [0, 0.1) is 12.8 Å². The largest absolute Gasteiger partial charge is 0.463 e. The van der Waals surface area contributed by atoms with Gasteiger partial charge in [-0.15, -0.1) is 0 Å². The Hall–Kier alpha value is -2.90. The van der Waals surface area contributed by atoms with Crippen molar-refractivity contribution in [3.63, 3.8) is 0 Å². The number of rotatable bonds is 5. The highest BCUT2D eigenvalue weighted by Gasteiger charge is 2.39. The fraction of sp³-hybridized carbons (Fsp3) is 0.412. The molecule has 0 spiro atoms. The van der Waals surface area contributed by atoms with Gasteiger partial charge in [-0.1, -0.05) is 0 Å². The van der Waals surface area contributed by atoms with Gasteiger partial charge in [-0.05, 0) is 25.0 Å². The van der Waals surface area contributed by atoms with Gasteiger partial charge in [-0.3, -0.25) is 19.2 Å². The molecular formula is C17H19N3O5. The number of amides is 2. The molecule has 0 aliphatic carbocycles. The minimum Gasteiger partial charge on any atom is -0.463 e. The molecule has 1 unspecified atom stereocenters. The number of esters is 1. The Morgan fingerprint density at radius 2 is 2.20 bits per heavy atom. The van der Waals surface area contributed by atoms with Gasteiger partial charge in [0.1, 0.15) is 5.76 Å². The molecule has 132 valence electrons. The lowest BCUT2D eigenvalue weighted by Crippen LogP contribution is -2.30. The second-order valence-corrected chi connectivity index (χ2v) is 6.16. The number of hydrogen-bond acceptors (Lipinski definition) is 6. The predicted octanol–water partition coefficient (Wildman–Crippen LogP) is 1.23. The Morgan fingerprint density at radius 3 is 2.84 bits per heavy atom. The average Bonchev–Trinajstić information content (AvgIpc) is 3.22. The van der Waals surface area contributed by atoms with Crippen LogP contribution in [0.5, 0.6) is 0 Å². The monoisotopic (exact) mass is 345 g/mol. The van der Waals surface area contributed by atoms with Crippen LogP contribution < -0.4 is 0 Å². The lowest BCUT2D eigenvalue weighted by molar-refractivity contribution is -0.140. The summed E-state index contributed by atoms with van der Waals surface area (Å²) in [5.41, 5.74) is 1.52. The summed E-state index contributed by atoms with van der Waals surface area (Å²) in [6, 6.07) is 1.64. The first-order valence-electron chi connectivity index (χ1n) is 7.88. The van der Waals surface area contributed by atoms with E-state index in [9.17, 15) is 14.4 Å². The molecule has 3 rings (SSSR count). The van der Waals surface area contributed by atoms with E-state index >= 15 is 0 Å². The molecule has 0 radical (unpaired) electrons. The van der Waals surface area contributed by atoms with Crippen LogP contribution in [-0.4, -0.2) is 39.6 Å². The molecule has 0 bridgehead atoms. The molecule has 0 saturated carbocycles. The first-order valence-corrected chi connectivity index (χ1v) is 7.88. The fourth-order valence-corrected chi connectivity index (χ4v) is 3.02. The number of aryl methyl sites for hydroxylation is 2. The van der Waals surface area contributed by atoms with Crippen molar-refractivity contribution in [1.29, 1.82) is 0 Å². The Bertz CT molecular complexity index is 835. The van der Waals surface area contributed by atoms with Gasteiger partial charge in [-0.2, -0.15) is 5.10 Å². The Labute approximate surface area is 144 Å². The summed E-state index contributed by atoms with van der Waals surface area (Å²) in [5.74, 6) is -0.995. The standard InChI is InChI=1S/C17H19N3O5/c1-10-4-13(25-15(10)17(23)24-3)9-20-14(21)6-12(16(20)22)5-11-7-18-19(2)8-11/h4,7-8,12H,5-6,9H2,1-3H3. The van der Waals surface area contributed by atoms with E-state index in [0.29, 0.717) is 17.7 Å². The van der Waals surface area contributed by atoms with E-state index in [4.69, 9.17) is 4.42 Å². The zero-order valence-corrected chi connectivity index (χ0v) is 14.3. The van der Waals surface area contributed by atoms with Crippen molar-refractivity contribution in [3.8, 4) is 0 Å². The summed E-state index contributed by atoms with van der Waals surface area (Å²) in [7, 11) is 3.07. The highest BCUT2D eigenvalue weighted by atomic mass is 16.5. The number of aromatic nitrogens is 2. The maximum Gasteiger partial charge on any atom is 0.374 e. The molecular weight excluding hydrogens is 326 g/mol. The number of ether oxygens (including phenoxy) is 1. The van der Waals surface area contributed by atoms with Crippen LogP contribution in [0.1, 0.15) is 33.9 Å². The zero-order valence-electron chi connectivity index (χ0n) is 14.3. The number of carbonyl (C=O) groups excluding carboxylic acids is 3. The first-order chi connectivity index (χ1) is 11.9. The number of furan rings is 1. The SMILES string of the molecule is COC(=O)c1oc(CN2C(=O)CC(Cc3cnn(C)c3)C2=O)cc1C. The van der Waals surface area contributed by atoms with Crippen molar-refractivity contribution in [1.82, 2.24) is 14.7 Å². The highest BCUT2D eigenvalue weighted by Crippen LogP contribution is 2.26. The number of methoxy groups -OCH3 is 1. The van der Waals surface area contributed by atoms with Crippen LogP contribution in [0.2, 0.25) is 0 Å². The molecule has 25 heavy (non-hydrogen) atoms. The maximum atomic E-state index is 12.6. The second-order valence-electron chi connectivity index (χ2n) is 6.16. The summed E-state index contributed by atoms with van der Waals surface area (Å²) >= 11 is 0. The van der Waals surface area contributed by atoms with Crippen molar-refractivity contribution in [2.45, 2.75) is 26.3 Å². The Balaban J connectivity index is 1.71. The van der Waals surface area contributed by atoms with E-state index in [1.807, 2.05) is 6.20 Å². The van der Waals surface area contributed by atoms with E-state index in [1.165, 1.54) is 12.0 Å². The molecule has 2 aromatic heterocycles. The van der Waals surface area contributed by atoms with Crippen molar-refractivity contribution in [2.75, 3.05) is 7.11 Å². The van der Waals surface area contributed by atoms with E-state index in [0.717, 1.165) is 5.56 Å². The molecule has 3 heterocycles. The molecule has 1 fully saturated rings. The van der Waals surface area contributed by atoms with Crippen molar-refractivity contribution >= 4 is 17.8 Å². The molecule has 0 N–H and O–H groups in total. The Morgan fingerprint density at radius 1 is 1.44 bits per heavy atom. The van der Waals surface area contributed by atoms with Gasteiger partial charge in [-0.25, -0.2) is 4.79 Å². The van der Waals surface area contributed by atoms with Crippen LogP contribution in [0.15, 0.2) is 22.9 Å². The lowest BCUT2D eigenvalue weighted by Gasteiger charge is -2.13. The molecule has 2 aromatic rings. The van der Waals surface area contributed by atoms with Gasteiger partial charge in [0.15, 0.2) is 0 Å². The third-order valence-electron chi connectivity index (χ3n) is 4.23. The first kappa shape index (κ1) is 16.9. The fourth-order valence-electron chi connectivity index (χ4n) is 3.02. The number of likely N-dealkylation sites (tertiary alicyclic amines) is 1. The van der Waals surface area contributed by atoms with Crippen LogP contribution in [0.3, 0.4) is 0 Å². The lowest BCUT2D eigenvalue weighted by atomic mass is 10.0. The summed E-state index contributed by atoms with van der Waals surface area (Å²) in [5, 5.41) is 4.07. The summed E-state index contributed by atoms with van der Waals surface area (Å²) < 4.78 is 11.7. The number of nitrogens with zero attached hydrogens (tertiary/aromatic N) is 3. The molecule has 0 aromatic carbocycles. The van der Waals surface area contributed by atoms with E-state index in [-0.39, 0.29) is 30.5 Å².